The van der Waals surface area contributed by atoms with Gasteiger partial charge in [-0.1, -0.05) is 30.9 Å². The van der Waals surface area contributed by atoms with Gasteiger partial charge in [-0.2, -0.15) is 0 Å². The Morgan fingerprint density at radius 1 is 1.19 bits per heavy atom. The summed E-state index contributed by atoms with van der Waals surface area (Å²) in [7, 11) is 6.55. The van der Waals surface area contributed by atoms with Crippen molar-refractivity contribution in [3.63, 3.8) is 0 Å². The summed E-state index contributed by atoms with van der Waals surface area (Å²) in [6.45, 7) is 4.38. The van der Waals surface area contributed by atoms with Crippen LogP contribution in [0, 0.1) is 0 Å². The Labute approximate surface area is 101 Å². The number of rotatable bonds is 4. The van der Waals surface area contributed by atoms with Gasteiger partial charge in [-0.25, -0.2) is 0 Å². The smallest absolute Gasteiger partial charge is 0.0436 e. The van der Waals surface area contributed by atoms with Gasteiger partial charge >= 0.3 is 0 Å². The molecule has 1 atom stereocenters. The predicted molar refractivity (Wildman–Crippen MR) is 71.8 cm³/mol. The lowest BCUT2D eigenvalue weighted by Crippen LogP contribution is -2.58. The van der Waals surface area contributed by atoms with Crippen LogP contribution in [0.25, 0.3) is 0 Å². The molecule has 1 aliphatic rings. The maximum absolute atomic E-state index is 3.51. The highest BCUT2D eigenvalue weighted by molar-refractivity contribution is 5.12. The molecule has 1 fully saturated rings. The number of nitrogens with zero attached hydrogens (tertiary/aromatic N) is 1. The number of hydrogen-bond donors (Lipinski definition) is 1. The summed E-state index contributed by atoms with van der Waals surface area (Å²) >= 11 is 0. The third-order valence-corrected chi connectivity index (χ3v) is 4.00. The lowest BCUT2D eigenvalue weighted by Gasteiger charge is -2.47. The Morgan fingerprint density at radius 3 is 2.12 bits per heavy atom. The van der Waals surface area contributed by atoms with Gasteiger partial charge in [0.15, 0.2) is 0 Å². The fourth-order valence-electron chi connectivity index (χ4n) is 3.04. The molecule has 0 heterocycles. The van der Waals surface area contributed by atoms with E-state index in [-0.39, 0.29) is 0 Å². The highest BCUT2D eigenvalue weighted by Crippen LogP contribution is 2.35. The Kier molecular flexibility index (Phi) is 5.00. The first-order valence-electron chi connectivity index (χ1n) is 6.52. The number of hydrogen-bond acceptors (Lipinski definition) is 2. The van der Waals surface area contributed by atoms with E-state index in [1.54, 1.807) is 0 Å². The van der Waals surface area contributed by atoms with Gasteiger partial charge in [0, 0.05) is 11.6 Å². The standard InChI is InChI=1S/C14H28N2/c1-12(2)11-13(15-3)14(16(4)5)9-7-6-8-10-14/h11,13,15H,6-10H2,1-5H3. The first kappa shape index (κ1) is 13.7. The van der Waals surface area contributed by atoms with E-state index in [9.17, 15) is 0 Å². The van der Waals surface area contributed by atoms with Crippen molar-refractivity contribution in [2.45, 2.75) is 57.5 Å². The molecule has 0 aliphatic heterocycles. The molecule has 0 saturated heterocycles. The van der Waals surface area contributed by atoms with Crippen molar-refractivity contribution < 1.29 is 0 Å². The topological polar surface area (TPSA) is 15.3 Å². The first-order chi connectivity index (χ1) is 7.53. The summed E-state index contributed by atoms with van der Waals surface area (Å²) in [5.74, 6) is 0. The molecular formula is C14H28N2. The highest BCUT2D eigenvalue weighted by Gasteiger charge is 2.39. The number of allylic oxidation sites excluding steroid dienone is 1. The second-order valence-corrected chi connectivity index (χ2v) is 5.57. The van der Waals surface area contributed by atoms with Gasteiger partial charge in [0.2, 0.25) is 0 Å². The van der Waals surface area contributed by atoms with Crippen LogP contribution in [0.5, 0.6) is 0 Å². The molecule has 0 aromatic rings. The van der Waals surface area contributed by atoms with E-state index in [4.69, 9.17) is 0 Å². The van der Waals surface area contributed by atoms with Crippen LogP contribution in [0.3, 0.4) is 0 Å². The molecule has 0 amide bonds. The van der Waals surface area contributed by atoms with Crippen LogP contribution in [0.2, 0.25) is 0 Å². The van der Waals surface area contributed by atoms with Gasteiger partial charge in [-0.05, 0) is 47.8 Å². The third kappa shape index (κ3) is 2.86. The Hall–Kier alpha value is -0.340. The molecule has 0 aromatic carbocycles. The molecule has 1 aliphatic carbocycles. The summed E-state index contributed by atoms with van der Waals surface area (Å²) in [5, 5.41) is 3.51. The zero-order chi connectivity index (χ0) is 12.2. The van der Waals surface area contributed by atoms with Crippen molar-refractivity contribution in [2.75, 3.05) is 21.1 Å². The molecule has 0 spiro atoms. The van der Waals surface area contributed by atoms with Crippen LogP contribution in [0.1, 0.15) is 46.0 Å². The molecule has 1 unspecified atom stereocenters. The zero-order valence-corrected chi connectivity index (χ0v) is 11.6. The van der Waals surface area contributed by atoms with E-state index >= 15 is 0 Å². The van der Waals surface area contributed by atoms with Crippen molar-refractivity contribution in [3.8, 4) is 0 Å². The molecule has 0 aromatic heterocycles. The van der Waals surface area contributed by atoms with E-state index in [0.29, 0.717) is 11.6 Å². The fraction of sp³-hybridized carbons (Fsp3) is 0.857. The molecule has 1 N–H and O–H groups in total. The fourth-order valence-corrected chi connectivity index (χ4v) is 3.04. The zero-order valence-electron chi connectivity index (χ0n) is 11.6. The van der Waals surface area contributed by atoms with E-state index in [1.165, 1.54) is 37.7 Å². The third-order valence-electron chi connectivity index (χ3n) is 4.00. The highest BCUT2D eigenvalue weighted by atomic mass is 15.2. The van der Waals surface area contributed by atoms with Crippen LogP contribution in [0.15, 0.2) is 11.6 Å². The summed E-state index contributed by atoms with van der Waals surface area (Å²) < 4.78 is 0. The minimum Gasteiger partial charge on any atom is -0.312 e. The second kappa shape index (κ2) is 5.83. The summed E-state index contributed by atoms with van der Waals surface area (Å²) in [4.78, 5) is 2.44. The van der Waals surface area contributed by atoms with Crippen LogP contribution >= 0.6 is 0 Å². The minimum absolute atomic E-state index is 0.324. The van der Waals surface area contributed by atoms with Crippen molar-refractivity contribution in [3.05, 3.63) is 11.6 Å². The van der Waals surface area contributed by atoms with E-state index < -0.39 is 0 Å². The quantitative estimate of drug-likeness (QED) is 0.739. The average molecular weight is 224 g/mol. The molecule has 2 heteroatoms. The van der Waals surface area contributed by atoms with Gasteiger partial charge in [0.25, 0.3) is 0 Å². The monoisotopic (exact) mass is 224 g/mol. The van der Waals surface area contributed by atoms with Gasteiger partial charge in [0.05, 0.1) is 0 Å². The molecule has 16 heavy (non-hydrogen) atoms. The second-order valence-electron chi connectivity index (χ2n) is 5.57. The predicted octanol–water partition coefficient (Wildman–Crippen LogP) is 2.81. The molecule has 1 saturated carbocycles. The number of nitrogens with one attached hydrogen (secondary N) is 1. The molecule has 2 nitrogen and oxygen atoms in total. The van der Waals surface area contributed by atoms with E-state index in [2.05, 4.69) is 51.3 Å². The molecule has 0 radical (unpaired) electrons. The van der Waals surface area contributed by atoms with Gasteiger partial charge in [0.1, 0.15) is 0 Å². The Balaban J connectivity index is 2.93. The maximum atomic E-state index is 3.51. The Bertz CT molecular complexity index is 233. The molecular weight excluding hydrogens is 196 g/mol. The van der Waals surface area contributed by atoms with Gasteiger partial charge in [-0.15, -0.1) is 0 Å². The number of likely N-dealkylation sites (N-methyl/N-ethyl adjacent to an activating group) is 2. The normalized spacial score (nSPS) is 21.9. The molecule has 0 bridgehead atoms. The van der Waals surface area contributed by atoms with Crippen LogP contribution in [-0.2, 0) is 0 Å². The van der Waals surface area contributed by atoms with Crippen molar-refractivity contribution >= 4 is 0 Å². The van der Waals surface area contributed by atoms with Gasteiger partial charge < -0.3 is 10.2 Å². The van der Waals surface area contributed by atoms with E-state index in [0.717, 1.165) is 0 Å². The summed E-state index contributed by atoms with van der Waals surface area (Å²) in [5.41, 5.74) is 1.73. The Morgan fingerprint density at radius 2 is 1.75 bits per heavy atom. The van der Waals surface area contributed by atoms with Crippen LogP contribution in [-0.4, -0.2) is 37.6 Å². The van der Waals surface area contributed by atoms with Crippen molar-refractivity contribution in [2.24, 2.45) is 0 Å². The first-order valence-corrected chi connectivity index (χ1v) is 6.52. The lowest BCUT2D eigenvalue weighted by atomic mass is 9.75. The summed E-state index contributed by atoms with van der Waals surface area (Å²) in [6, 6.07) is 0.479. The molecule has 94 valence electrons. The van der Waals surface area contributed by atoms with Crippen LogP contribution in [0.4, 0.5) is 0 Å². The van der Waals surface area contributed by atoms with Crippen LogP contribution < -0.4 is 5.32 Å². The SMILES string of the molecule is CNC(C=C(C)C)C1(N(C)C)CCCCC1. The minimum atomic E-state index is 0.324. The molecule has 1 rings (SSSR count). The van der Waals surface area contributed by atoms with E-state index in [1.807, 2.05) is 0 Å². The van der Waals surface area contributed by atoms with Gasteiger partial charge in [-0.3, -0.25) is 0 Å². The average Bonchev–Trinajstić information content (AvgIpc) is 2.26. The maximum Gasteiger partial charge on any atom is 0.0436 e. The summed E-state index contributed by atoms with van der Waals surface area (Å²) in [6.07, 6.45) is 9.16. The van der Waals surface area contributed by atoms with Crippen molar-refractivity contribution in [1.29, 1.82) is 0 Å². The van der Waals surface area contributed by atoms with Crippen molar-refractivity contribution in [1.82, 2.24) is 10.2 Å². The largest absolute Gasteiger partial charge is 0.312 e. The lowest BCUT2D eigenvalue weighted by molar-refractivity contribution is 0.0761.